The van der Waals surface area contributed by atoms with E-state index in [0.717, 1.165) is 12.0 Å². The van der Waals surface area contributed by atoms with E-state index in [2.05, 4.69) is 10.3 Å². The topological polar surface area (TPSA) is 123 Å². The van der Waals surface area contributed by atoms with Crippen LogP contribution in [0.2, 0.25) is 0 Å². The molecule has 2 aliphatic rings. The highest BCUT2D eigenvalue weighted by Crippen LogP contribution is 2.23. The van der Waals surface area contributed by atoms with Gasteiger partial charge >= 0.3 is 0 Å². The number of hydrogen-bond donors (Lipinski definition) is 1. The zero-order valence-electron chi connectivity index (χ0n) is 22.2. The number of ether oxygens (including phenoxy) is 1. The van der Waals surface area contributed by atoms with E-state index in [-0.39, 0.29) is 24.1 Å². The molecule has 2 atom stereocenters. The van der Waals surface area contributed by atoms with E-state index >= 15 is 0 Å². The molecule has 1 saturated heterocycles. The molecule has 5 rings (SSSR count). The molecule has 1 aromatic carbocycles. The molecule has 0 aliphatic carbocycles. The molecule has 0 spiro atoms. The fourth-order valence-electron chi connectivity index (χ4n) is 5.19. The first-order valence-electron chi connectivity index (χ1n) is 13.3. The summed E-state index contributed by atoms with van der Waals surface area (Å²) in [5.41, 5.74) is 1.32. The molecular weight excluding hydrogens is 498 g/mol. The van der Waals surface area contributed by atoms with Crippen LogP contribution in [0.25, 0.3) is 11.4 Å². The number of carbonyl (C=O) groups is 3. The van der Waals surface area contributed by atoms with Gasteiger partial charge in [-0.2, -0.15) is 5.10 Å². The number of hydrogen-bond acceptors (Lipinski definition) is 7. The van der Waals surface area contributed by atoms with Crippen LogP contribution in [0.5, 0.6) is 5.88 Å². The van der Waals surface area contributed by atoms with Crippen molar-refractivity contribution in [1.82, 2.24) is 34.9 Å². The maximum absolute atomic E-state index is 13.6. The number of nitrogens with one attached hydrogen (secondary N) is 1. The monoisotopic (exact) mass is 531 g/mol. The minimum atomic E-state index is -0.505. The number of rotatable bonds is 3. The molecule has 3 amide bonds. The number of carbonyl (C=O) groups excluding carboxylic acids is 3. The van der Waals surface area contributed by atoms with Crippen LogP contribution in [-0.4, -0.2) is 80.1 Å². The molecule has 2 aromatic heterocycles. The van der Waals surface area contributed by atoms with Gasteiger partial charge < -0.3 is 19.9 Å². The summed E-state index contributed by atoms with van der Waals surface area (Å²) in [6, 6.07) is 12.0. The van der Waals surface area contributed by atoms with Gasteiger partial charge in [0.1, 0.15) is 11.9 Å². The average molecular weight is 532 g/mol. The minimum absolute atomic E-state index is 0.0649. The Balaban J connectivity index is 1.48. The third-order valence-corrected chi connectivity index (χ3v) is 7.23. The van der Waals surface area contributed by atoms with Gasteiger partial charge in [-0.15, -0.1) is 0 Å². The molecule has 1 N–H and O–H groups in total. The molecule has 0 saturated carbocycles. The maximum Gasteiger partial charge on any atom is 0.254 e. The zero-order valence-corrected chi connectivity index (χ0v) is 22.2. The van der Waals surface area contributed by atoms with Crippen LogP contribution in [0, 0.1) is 0 Å². The molecule has 0 bridgehead atoms. The highest BCUT2D eigenvalue weighted by molar-refractivity contribution is 5.94. The van der Waals surface area contributed by atoms with Crippen molar-refractivity contribution >= 4 is 17.7 Å². The minimum Gasteiger partial charge on any atom is -0.481 e. The Hall–Kier alpha value is -4.28. The van der Waals surface area contributed by atoms with E-state index in [1.807, 2.05) is 37.3 Å². The van der Waals surface area contributed by atoms with Crippen LogP contribution < -0.4 is 10.1 Å². The third-order valence-electron chi connectivity index (χ3n) is 7.23. The first-order chi connectivity index (χ1) is 18.9. The van der Waals surface area contributed by atoms with Crippen LogP contribution in [0.1, 0.15) is 54.8 Å². The van der Waals surface area contributed by atoms with Crippen LogP contribution >= 0.6 is 0 Å². The van der Waals surface area contributed by atoms with Crippen molar-refractivity contribution in [2.75, 3.05) is 26.7 Å². The molecule has 1 fully saturated rings. The molecule has 0 unspecified atom stereocenters. The van der Waals surface area contributed by atoms with Gasteiger partial charge in [0.15, 0.2) is 5.82 Å². The lowest BCUT2D eigenvalue weighted by molar-refractivity contribution is -0.138. The van der Waals surface area contributed by atoms with Crippen molar-refractivity contribution in [3.05, 3.63) is 60.0 Å². The number of aromatic nitrogens is 4. The lowest BCUT2D eigenvalue weighted by atomic mass is 10.1. The predicted octanol–water partition coefficient (Wildman–Crippen LogP) is 2.45. The molecule has 39 heavy (non-hydrogen) atoms. The number of benzene rings is 1. The van der Waals surface area contributed by atoms with E-state index < -0.39 is 12.1 Å². The predicted molar refractivity (Wildman–Crippen MR) is 143 cm³/mol. The fourth-order valence-corrected chi connectivity index (χ4v) is 5.19. The van der Waals surface area contributed by atoms with Gasteiger partial charge in [0, 0.05) is 49.4 Å². The summed E-state index contributed by atoms with van der Waals surface area (Å²) in [7, 11) is 1.51. The number of pyridine rings is 1. The molecule has 3 aromatic rings. The van der Waals surface area contributed by atoms with Crippen molar-refractivity contribution < 1.29 is 19.1 Å². The van der Waals surface area contributed by atoms with Gasteiger partial charge in [0.05, 0.1) is 19.7 Å². The SMILES string of the molecule is COc1cc(C(=O)N2CCCC(=O)N3CCC[C@H]3C(=O)N[C@@H](C)c3nc(-c4ccccc4)nn3CC2)ccn1. The molecule has 11 heteroatoms. The molecule has 11 nitrogen and oxygen atoms in total. The molecule has 0 radical (unpaired) electrons. The Kier molecular flexibility index (Phi) is 7.85. The summed E-state index contributed by atoms with van der Waals surface area (Å²) in [6.45, 7) is 3.51. The van der Waals surface area contributed by atoms with E-state index in [9.17, 15) is 14.4 Å². The Morgan fingerprint density at radius 3 is 2.67 bits per heavy atom. The van der Waals surface area contributed by atoms with Crippen molar-refractivity contribution in [3.8, 4) is 17.3 Å². The molecule has 4 heterocycles. The van der Waals surface area contributed by atoms with E-state index in [1.54, 1.807) is 32.8 Å². The van der Waals surface area contributed by atoms with E-state index in [4.69, 9.17) is 14.8 Å². The highest BCUT2D eigenvalue weighted by atomic mass is 16.5. The average Bonchev–Trinajstić information content (AvgIpc) is 3.63. The van der Waals surface area contributed by atoms with Crippen molar-refractivity contribution in [1.29, 1.82) is 0 Å². The Morgan fingerprint density at radius 2 is 1.87 bits per heavy atom. The Morgan fingerprint density at radius 1 is 1.05 bits per heavy atom. The number of methoxy groups -OCH3 is 1. The summed E-state index contributed by atoms with van der Waals surface area (Å²) in [6.07, 6.45) is 3.68. The van der Waals surface area contributed by atoms with Crippen molar-refractivity contribution in [2.45, 2.75) is 51.2 Å². The van der Waals surface area contributed by atoms with Crippen molar-refractivity contribution in [3.63, 3.8) is 0 Å². The summed E-state index contributed by atoms with van der Waals surface area (Å²) < 4.78 is 6.97. The van der Waals surface area contributed by atoms with Gasteiger partial charge in [-0.05, 0) is 32.3 Å². The zero-order chi connectivity index (χ0) is 27.4. The first-order valence-corrected chi connectivity index (χ1v) is 13.3. The quantitative estimate of drug-likeness (QED) is 0.551. The second-order valence-electron chi connectivity index (χ2n) is 9.84. The largest absolute Gasteiger partial charge is 0.481 e. The van der Waals surface area contributed by atoms with Gasteiger partial charge in [0.2, 0.25) is 17.7 Å². The standard InChI is InChI=1S/C28H33N7O4/c1-19-26-31-25(20-8-4-3-5-9-20)32-35(26)17-16-33(28(38)21-12-13-29-23(18-21)39-2)14-7-11-24(36)34-15-6-10-22(34)27(37)30-19/h3-5,8-9,12-13,18-19,22H,6-7,10-11,14-17H2,1-2H3,(H,30,37)/t19-,22-/m0/s1. The Labute approximate surface area is 227 Å². The second-order valence-corrected chi connectivity index (χ2v) is 9.84. The lowest BCUT2D eigenvalue weighted by Gasteiger charge is -2.28. The van der Waals surface area contributed by atoms with Gasteiger partial charge in [0.25, 0.3) is 5.91 Å². The molecular formula is C28H33N7O4. The van der Waals surface area contributed by atoms with Crippen molar-refractivity contribution in [2.24, 2.45) is 0 Å². The lowest BCUT2D eigenvalue weighted by Crippen LogP contribution is -2.47. The second kappa shape index (κ2) is 11.6. The van der Waals surface area contributed by atoms with E-state index in [0.29, 0.717) is 62.1 Å². The summed E-state index contributed by atoms with van der Waals surface area (Å²) >= 11 is 0. The van der Waals surface area contributed by atoms with Gasteiger partial charge in [-0.3, -0.25) is 14.4 Å². The summed E-state index contributed by atoms with van der Waals surface area (Å²) in [5, 5.41) is 7.82. The normalized spacial score (nSPS) is 20.6. The number of nitrogens with zero attached hydrogens (tertiary/aromatic N) is 6. The fraction of sp³-hybridized carbons (Fsp3) is 0.429. The van der Waals surface area contributed by atoms with Gasteiger partial charge in [-0.1, -0.05) is 30.3 Å². The maximum atomic E-state index is 13.6. The van der Waals surface area contributed by atoms with Gasteiger partial charge in [-0.25, -0.2) is 14.6 Å². The van der Waals surface area contributed by atoms with Crippen LogP contribution in [-0.2, 0) is 16.1 Å². The third kappa shape index (κ3) is 5.76. The first kappa shape index (κ1) is 26.3. The van der Waals surface area contributed by atoms with Crippen LogP contribution in [0.4, 0.5) is 0 Å². The number of amides is 3. The van der Waals surface area contributed by atoms with Crippen LogP contribution in [0.15, 0.2) is 48.7 Å². The summed E-state index contributed by atoms with van der Waals surface area (Å²) in [5.74, 6) is 1.07. The number of fused-ring (bicyclic) bond motifs is 2. The summed E-state index contributed by atoms with van der Waals surface area (Å²) in [4.78, 5) is 52.2. The van der Waals surface area contributed by atoms with E-state index in [1.165, 1.54) is 7.11 Å². The Bertz CT molecular complexity index is 1340. The highest BCUT2D eigenvalue weighted by Gasteiger charge is 2.35. The van der Waals surface area contributed by atoms with Crippen LogP contribution in [0.3, 0.4) is 0 Å². The smallest absolute Gasteiger partial charge is 0.254 e. The molecule has 204 valence electrons. The molecule has 2 aliphatic heterocycles.